The summed E-state index contributed by atoms with van der Waals surface area (Å²) in [5, 5.41) is 0. The van der Waals surface area contributed by atoms with Crippen LogP contribution in [-0.2, 0) is 19.0 Å². The predicted molar refractivity (Wildman–Crippen MR) is 85.4 cm³/mol. The average Bonchev–Trinajstić information content (AvgIpc) is 3.35. The van der Waals surface area contributed by atoms with Gasteiger partial charge in [-0.2, -0.15) is 0 Å². The zero-order valence-electron chi connectivity index (χ0n) is 13.6. The van der Waals surface area contributed by atoms with Gasteiger partial charge in [0.15, 0.2) is 0 Å². The van der Waals surface area contributed by atoms with Gasteiger partial charge in [-0.1, -0.05) is 19.4 Å². The predicted octanol–water partition coefficient (Wildman–Crippen LogP) is 3.66. The Morgan fingerprint density at radius 3 is 2.91 bits per heavy atom. The van der Waals surface area contributed by atoms with Crippen LogP contribution in [0.4, 0.5) is 4.39 Å². The Morgan fingerprint density at radius 2 is 2.26 bits per heavy atom. The highest BCUT2D eigenvalue weighted by Crippen LogP contribution is 2.29. The topological polar surface area (TPSA) is 48.1 Å². The van der Waals surface area contributed by atoms with E-state index in [2.05, 4.69) is 6.92 Å². The average molecular weight is 322 g/mol. The van der Waals surface area contributed by atoms with E-state index in [0.717, 1.165) is 30.6 Å². The number of ether oxygens (including phenoxy) is 3. The van der Waals surface area contributed by atoms with E-state index in [-0.39, 0.29) is 18.0 Å². The van der Waals surface area contributed by atoms with Crippen LogP contribution in [0.1, 0.15) is 43.9 Å². The first-order valence-corrected chi connectivity index (χ1v) is 8.01. The summed E-state index contributed by atoms with van der Waals surface area (Å²) in [5.41, 5.74) is 1.50. The largest absolute Gasteiger partial charge is 0.463 e. The number of rotatable bonds is 9. The zero-order chi connectivity index (χ0) is 16.7. The maximum Gasteiger partial charge on any atom is 0.330 e. The molecule has 0 radical (unpaired) electrons. The molecule has 0 aromatic heterocycles. The summed E-state index contributed by atoms with van der Waals surface area (Å²) in [7, 11) is 0. The Bertz CT molecular complexity index is 552. The maximum atomic E-state index is 13.7. The SMILES string of the molecule is CCC[C@@H](OC[C@H]1CO1)c1cc(F)ccc1/C=C/C(=O)OCC. The number of carbonyl (C=O) groups is 1. The molecular formula is C18H23FO4. The molecule has 0 unspecified atom stereocenters. The van der Waals surface area contributed by atoms with Gasteiger partial charge in [0.05, 0.1) is 25.9 Å². The molecule has 5 heteroatoms. The van der Waals surface area contributed by atoms with E-state index in [9.17, 15) is 9.18 Å². The van der Waals surface area contributed by atoms with Crippen molar-refractivity contribution in [3.05, 3.63) is 41.2 Å². The van der Waals surface area contributed by atoms with Gasteiger partial charge >= 0.3 is 5.97 Å². The van der Waals surface area contributed by atoms with Crippen molar-refractivity contribution in [2.24, 2.45) is 0 Å². The molecule has 1 heterocycles. The molecule has 0 saturated carbocycles. The minimum Gasteiger partial charge on any atom is -0.463 e. The summed E-state index contributed by atoms with van der Waals surface area (Å²) < 4.78 is 29.6. The quantitative estimate of drug-likeness (QED) is 0.395. The van der Waals surface area contributed by atoms with E-state index in [1.165, 1.54) is 18.2 Å². The van der Waals surface area contributed by atoms with Crippen molar-refractivity contribution in [3.8, 4) is 0 Å². The Balaban J connectivity index is 2.18. The fraction of sp³-hybridized carbons (Fsp3) is 0.500. The summed E-state index contributed by atoms with van der Waals surface area (Å²) in [6, 6.07) is 4.50. The molecule has 1 saturated heterocycles. The third kappa shape index (κ3) is 5.77. The Labute approximate surface area is 136 Å². The van der Waals surface area contributed by atoms with Gasteiger partial charge < -0.3 is 14.2 Å². The number of epoxide rings is 1. The highest BCUT2D eigenvalue weighted by Gasteiger charge is 2.25. The van der Waals surface area contributed by atoms with Gasteiger partial charge in [-0.3, -0.25) is 0 Å². The summed E-state index contributed by atoms with van der Waals surface area (Å²) in [4.78, 5) is 11.5. The van der Waals surface area contributed by atoms with Crippen LogP contribution < -0.4 is 0 Å². The summed E-state index contributed by atoms with van der Waals surface area (Å²) in [6.07, 6.45) is 4.62. The molecule has 1 aliphatic heterocycles. The van der Waals surface area contributed by atoms with E-state index >= 15 is 0 Å². The molecule has 1 aromatic carbocycles. The van der Waals surface area contributed by atoms with Gasteiger partial charge in [-0.05, 0) is 42.7 Å². The minimum absolute atomic E-state index is 0.154. The van der Waals surface area contributed by atoms with Crippen molar-refractivity contribution < 1.29 is 23.4 Å². The van der Waals surface area contributed by atoms with E-state index in [1.54, 1.807) is 19.1 Å². The second kappa shape index (κ2) is 8.79. The van der Waals surface area contributed by atoms with Gasteiger partial charge in [-0.15, -0.1) is 0 Å². The van der Waals surface area contributed by atoms with Gasteiger partial charge in [0, 0.05) is 6.08 Å². The Morgan fingerprint density at radius 1 is 1.48 bits per heavy atom. The van der Waals surface area contributed by atoms with Gasteiger partial charge in [-0.25, -0.2) is 9.18 Å². The van der Waals surface area contributed by atoms with Crippen molar-refractivity contribution in [2.45, 2.75) is 38.9 Å². The van der Waals surface area contributed by atoms with Gasteiger partial charge in [0.1, 0.15) is 11.9 Å². The molecule has 1 aromatic rings. The monoisotopic (exact) mass is 322 g/mol. The first-order chi connectivity index (χ1) is 11.1. The molecule has 0 spiro atoms. The standard InChI is InChI=1S/C18H23FO4/c1-3-5-17(23-12-15-11-22-15)16-10-14(19)8-6-13(16)7-9-18(20)21-4-2/h6-10,15,17H,3-5,11-12H2,1-2H3/b9-7+/t15-,17-/m1/s1. The minimum atomic E-state index is -0.415. The maximum absolute atomic E-state index is 13.7. The van der Waals surface area contributed by atoms with Gasteiger partial charge in [0.2, 0.25) is 0 Å². The van der Waals surface area contributed by atoms with E-state index in [4.69, 9.17) is 14.2 Å². The number of benzene rings is 1. The molecule has 0 N–H and O–H groups in total. The lowest BCUT2D eigenvalue weighted by Crippen LogP contribution is -2.11. The fourth-order valence-corrected chi connectivity index (χ4v) is 2.30. The highest BCUT2D eigenvalue weighted by molar-refractivity contribution is 5.87. The Hall–Kier alpha value is -1.72. The van der Waals surface area contributed by atoms with Gasteiger partial charge in [0.25, 0.3) is 0 Å². The smallest absolute Gasteiger partial charge is 0.330 e. The normalized spacial score (nSPS) is 18.1. The molecule has 1 aliphatic rings. The van der Waals surface area contributed by atoms with Crippen LogP contribution in [0.15, 0.2) is 24.3 Å². The molecule has 23 heavy (non-hydrogen) atoms. The molecule has 0 aliphatic carbocycles. The van der Waals surface area contributed by atoms with Crippen LogP contribution >= 0.6 is 0 Å². The number of hydrogen-bond donors (Lipinski definition) is 0. The molecule has 2 rings (SSSR count). The van der Waals surface area contributed by atoms with Crippen LogP contribution in [0, 0.1) is 5.82 Å². The van der Waals surface area contributed by atoms with Crippen LogP contribution in [0.5, 0.6) is 0 Å². The van der Waals surface area contributed by atoms with E-state index in [0.29, 0.717) is 13.2 Å². The van der Waals surface area contributed by atoms with Crippen molar-refractivity contribution in [1.82, 2.24) is 0 Å². The third-order valence-corrected chi connectivity index (χ3v) is 3.52. The van der Waals surface area contributed by atoms with Crippen LogP contribution in [0.3, 0.4) is 0 Å². The first kappa shape index (κ1) is 17.6. The molecule has 1 fully saturated rings. The molecule has 126 valence electrons. The van der Waals surface area contributed by atoms with Crippen LogP contribution in [0.25, 0.3) is 6.08 Å². The lowest BCUT2D eigenvalue weighted by atomic mass is 9.98. The Kier molecular flexibility index (Phi) is 6.74. The number of esters is 1. The van der Waals surface area contributed by atoms with Crippen LogP contribution in [0.2, 0.25) is 0 Å². The van der Waals surface area contributed by atoms with E-state index < -0.39 is 5.97 Å². The molecular weight excluding hydrogens is 299 g/mol. The fourth-order valence-electron chi connectivity index (χ4n) is 2.30. The second-order valence-corrected chi connectivity index (χ2v) is 5.42. The molecule has 2 atom stereocenters. The van der Waals surface area contributed by atoms with E-state index in [1.807, 2.05) is 0 Å². The second-order valence-electron chi connectivity index (χ2n) is 5.42. The number of halogens is 1. The number of hydrogen-bond acceptors (Lipinski definition) is 4. The third-order valence-electron chi connectivity index (χ3n) is 3.52. The summed E-state index contributed by atoms with van der Waals surface area (Å²) >= 11 is 0. The van der Waals surface area contributed by atoms with Crippen molar-refractivity contribution in [3.63, 3.8) is 0 Å². The first-order valence-electron chi connectivity index (χ1n) is 8.01. The van der Waals surface area contributed by atoms with Crippen molar-refractivity contribution in [1.29, 1.82) is 0 Å². The summed E-state index contributed by atoms with van der Waals surface area (Å²) in [5.74, 6) is -0.734. The number of carbonyl (C=O) groups excluding carboxylic acids is 1. The lowest BCUT2D eigenvalue weighted by Gasteiger charge is -2.19. The van der Waals surface area contributed by atoms with Crippen molar-refractivity contribution in [2.75, 3.05) is 19.8 Å². The zero-order valence-corrected chi connectivity index (χ0v) is 13.6. The van der Waals surface area contributed by atoms with Crippen LogP contribution in [-0.4, -0.2) is 31.9 Å². The van der Waals surface area contributed by atoms with Crippen molar-refractivity contribution >= 4 is 12.0 Å². The molecule has 4 nitrogen and oxygen atoms in total. The summed E-state index contributed by atoms with van der Waals surface area (Å²) in [6.45, 7) is 5.35. The molecule has 0 amide bonds. The molecule has 0 bridgehead atoms. The lowest BCUT2D eigenvalue weighted by molar-refractivity contribution is -0.137. The highest BCUT2D eigenvalue weighted by atomic mass is 19.1.